The predicted molar refractivity (Wildman–Crippen MR) is 88.0 cm³/mol. The highest BCUT2D eigenvalue weighted by Crippen LogP contribution is 2.22. The minimum absolute atomic E-state index is 0.0352. The SMILES string of the molecule is CC[C@@H](C)N(C(=O)COc1ccc(Cl)cc1C)[C@@H](C)CC. The van der Waals surface area contributed by atoms with Crippen LogP contribution in [0.3, 0.4) is 0 Å². The van der Waals surface area contributed by atoms with Gasteiger partial charge in [-0.1, -0.05) is 25.4 Å². The van der Waals surface area contributed by atoms with Crippen LogP contribution >= 0.6 is 11.6 Å². The molecule has 0 saturated carbocycles. The zero-order chi connectivity index (χ0) is 16.0. The number of nitrogens with zero attached hydrogens (tertiary/aromatic N) is 1. The molecule has 0 fully saturated rings. The van der Waals surface area contributed by atoms with Crippen molar-refractivity contribution in [1.29, 1.82) is 0 Å². The van der Waals surface area contributed by atoms with E-state index in [1.54, 1.807) is 6.07 Å². The summed E-state index contributed by atoms with van der Waals surface area (Å²) in [6.45, 7) is 10.3. The van der Waals surface area contributed by atoms with Crippen molar-refractivity contribution < 1.29 is 9.53 Å². The first-order chi connectivity index (χ1) is 9.90. The Balaban J connectivity index is 2.73. The van der Waals surface area contributed by atoms with E-state index >= 15 is 0 Å². The van der Waals surface area contributed by atoms with Gasteiger partial charge in [-0.25, -0.2) is 0 Å². The largest absolute Gasteiger partial charge is 0.483 e. The molecule has 0 aliphatic carbocycles. The first-order valence-corrected chi connectivity index (χ1v) is 7.98. The summed E-state index contributed by atoms with van der Waals surface area (Å²) < 4.78 is 5.67. The molecule has 0 heterocycles. The Hall–Kier alpha value is -1.22. The van der Waals surface area contributed by atoms with Crippen molar-refractivity contribution in [1.82, 2.24) is 4.90 Å². The summed E-state index contributed by atoms with van der Waals surface area (Å²) in [5, 5.41) is 0.673. The molecule has 1 amide bonds. The molecule has 0 radical (unpaired) electrons. The Morgan fingerprint density at radius 1 is 1.24 bits per heavy atom. The molecule has 0 spiro atoms. The summed E-state index contributed by atoms with van der Waals surface area (Å²) in [5.41, 5.74) is 0.939. The molecule has 0 aromatic heterocycles. The van der Waals surface area contributed by atoms with Crippen molar-refractivity contribution in [2.24, 2.45) is 0 Å². The molecule has 1 aromatic carbocycles. The minimum Gasteiger partial charge on any atom is -0.483 e. The number of rotatable bonds is 7. The number of benzene rings is 1. The van der Waals surface area contributed by atoms with Gasteiger partial charge in [0.2, 0.25) is 0 Å². The third-order valence-corrected chi connectivity index (χ3v) is 4.14. The maximum atomic E-state index is 12.5. The summed E-state index contributed by atoms with van der Waals surface area (Å²) in [5.74, 6) is 0.744. The molecule has 3 nitrogen and oxygen atoms in total. The van der Waals surface area contributed by atoms with E-state index in [2.05, 4.69) is 27.7 Å². The lowest BCUT2D eigenvalue weighted by atomic mass is 10.1. The number of carbonyl (C=O) groups is 1. The van der Waals surface area contributed by atoms with E-state index in [4.69, 9.17) is 16.3 Å². The smallest absolute Gasteiger partial charge is 0.260 e. The van der Waals surface area contributed by atoms with E-state index in [9.17, 15) is 4.79 Å². The van der Waals surface area contributed by atoms with Gasteiger partial charge in [-0.05, 0) is 57.4 Å². The van der Waals surface area contributed by atoms with Crippen LogP contribution in [0.2, 0.25) is 5.02 Å². The topological polar surface area (TPSA) is 29.5 Å². The summed E-state index contributed by atoms with van der Waals surface area (Å²) in [6.07, 6.45) is 1.88. The fourth-order valence-electron chi connectivity index (χ4n) is 2.31. The molecule has 0 saturated heterocycles. The van der Waals surface area contributed by atoms with E-state index < -0.39 is 0 Å². The lowest BCUT2D eigenvalue weighted by Crippen LogP contribution is -2.46. The molecule has 118 valence electrons. The number of carbonyl (C=O) groups excluding carboxylic acids is 1. The average Bonchev–Trinajstić information content (AvgIpc) is 2.46. The van der Waals surface area contributed by atoms with Crippen LogP contribution in [0, 0.1) is 6.92 Å². The number of halogens is 1. The Morgan fingerprint density at radius 2 is 1.81 bits per heavy atom. The highest BCUT2D eigenvalue weighted by molar-refractivity contribution is 6.30. The molecule has 0 unspecified atom stereocenters. The second kappa shape index (κ2) is 8.28. The van der Waals surface area contributed by atoms with Crippen LogP contribution in [0.1, 0.15) is 46.1 Å². The predicted octanol–water partition coefficient (Wildman–Crippen LogP) is 4.45. The van der Waals surface area contributed by atoms with Crippen molar-refractivity contribution in [2.45, 2.75) is 59.5 Å². The molecule has 0 bridgehead atoms. The van der Waals surface area contributed by atoms with E-state index in [1.165, 1.54) is 0 Å². The number of ether oxygens (including phenoxy) is 1. The zero-order valence-electron chi connectivity index (χ0n) is 13.6. The van der Waals surface area contributed by atoms with Crippen molar-refractivity contribution in [2.75, 3.05) is 6.61 Å². The van der Waals surface area contributed by atoms with Gasteiger partial charge in [-0.15, -0.1) is 0 Å². The Labute approximate surface area is 133 Å². The van der Waals surface area contributed by atoms with Crippen molar-refractivity contribution in [3.05, 3.63) is 28.8 Å². The van der Waals surface area contributed by atoms with Crippen LogP contribution in [0.5, 0.6) is 5.75 Å². The Morgan fingerprint density at radius 3 is 2.29 bits per heavy atom. The van der Waals surface area contributed by atoms with Crippen LogP contribution in [0.25, 0.3) is 0 Å². The fraction of sp³-hybridized carbons (Fsp3) is 0.588. The highest BCUT2D eigenvalue weighted by atomic mass is 35.5. The van der Waals surface area contributed by atoms with Crippen LogP contribution in [-0.4, -0.2) is 29.5 Å². The normalized spacial score (nSPS) is 13.6. The van der Waals surface area contributed by atoms with Gasteiger partial charge in [0.25, 0.3) is 5.91 Å². The molecule has 0 N–H and O–H groups in total. The third-order valence-electron chi connectivity index (χ3n) is 3.91. The van der Waals surface area contributed by atoms with E-state index in [1.807, 2.05) is 24.0 Å². The number of amides is 1. The molecule has 4 heteroatoms. The van der Waals surface area contributed by atoms with E-state index in [-0.39, 0.29) is 24.6 Å². The third kappa shape index (κ3) is 4.92. The number of hydrogen-bond donors (Lipinski definition) is 0. The molecular formula is C17H26ClNO2. The number of aryl methyl sites for hydroxylation is 1. The second-order valence-corrected chi connectivity index (χ2v) is 5.95. The molecular weight excluding hydrogens is 286 g/mol. The second-order valence-electron chi connectivity index (χ2n) is 5.51. The monoisotopic (exact) mass is 311 g/mol. The van der Waals surface area contributed by atoms with Gasteiger partial charge in [0.1, 0.15) is 5.75 Å². The molecule has 1 rings (SSSR count). The summed E-state index contributed by atoms with van der Waals surface area (Å²) >= 11 is 5.92. The van der Waals surface area contributed by atoms with Crippen LogP contribution < -0.4 is 4.74 Å². The van der Waals surface area contributed by atoms with Crippen molar-refractivity contribution in [3.63, 3.8) is 0 Å². The standard InChI is InChI=1S/C17H26ClNO2/c1-6-13(4)19(14(5)7-2)17(20)11-21-16-9-8-15(18)10-12(16)3/h8-10,13-14H,6-7,11H2,1-5H3/t13-,14+. The van der Waals surface area contributed by atoms with E-state index in [0.29, 0.717) is 10.8 Å². The molecule has 2 atom stereocenters. The summed E-state index contributed by atoms with van der Waals surface area (Å²) in [6, 6.07) is 5.87. The quantitative estimate of drug-likeness (QED) is 0.744. The van der Waals surface area contributed by atoms with Gasteiger partial charge in [-0.3, -0.25) is 4.79 Å². The van der Waals surface area contributed by atoms with E-state index in [0.717, 1.165) is 18.4 Å². The maximum absolute atomic E-state index is 12.5. The van der Waals surface area contributed by atoms with Crippen LogP contribution in [-0.2, 0) is 4.79 Å². The van der Waals surface area contributed by atoms with Crippen LogP contribution in [0.15, 0.2) is 18.2 Å². The zero-order valence-corrected chi connectivity index (χ0v) is 14.4. The van der Waals surface area contributed by atoms with Crippen LogP contribution in [0.4, 0.5) is 0 Å². The first-order valence-electron chi connectivity index (χ1n) is 7.60. The molecule has 1 aromatic rings. The molecule has 0 aliphatic heterocycles. The lowest BCUT2D eigenvalue weighted by molar-refractivity contribution is -0.137. The summed E-state index contributed by atoms with van der Waals surface area (Å²) in [7, 11) is 0. The van der Waals surface area contributed by atoms with Gasteiger partial charge in [0.05, 0.1) is 0 Å². The van der Waals surface area contributed by atoms with Gasteiger partial charge in [0, 0.05) is 17.1 Å². The van der Waals surface area contributed by atoms with Gasteiger partial charge < -0.3 is 9.64 Å². The fourth-order valence-corrected chi connectivity index (χ4v) is 2.53. The Kier molecular flexibility index (Phi) is 7.03. The average molecular weight is 312 g/mol. The molecule has 0 aliphatic rings. The molecule has 21 heavy (non-hydrogen) atoms. The Bertz CT molecular complexity index is 466. The first kappa shape index (κ1) is 17.8. The van der Waals surface area contributed by atoms with Crippen molar-refractivity contribution >= 4 is 17.5 Å². The minimum atomic E-state index is 0.0352. The highest BCUT2D eigenvalue weighted by Gasteiger charge is 2.23. The van der Waals surface area contributed by atoms with Gasteiger partial charge in [-0.2, -0.15) is 0 Å². The van der Waals surface area contributed by atoms with Gasteiger partial charge >= 0.3 is 0 Å². The van der Waals surface area contributed by atoms with Gasteiger partial charge in [0.15, 0.2) is 6.61 Å². The summed E-state index contributed by atoms with van der Waals surface area (Å²) in [4.78, 5) is 14.4. The number of hydrogen-bond acceptors (Lipinski definition) is 2. The lowest BCUT2D eigenvalue weighted by Gasteiger charge is -2.34. The maximum Gasteiger partial charge on any atom is 0.260 e. The van der Waals surface area contributed by atoms with Crippen molar-refractivity contribution in [3.8, 4) is 5.75 Å².